The fourth-order valence-corrected chi connectivity index (χ4v) is 3.12. The summed E-state index contributed by atoms with van der Waals surface area (Å²) in [6.45, 7) is 13.7. The molecule has 1 unspecified atom stereocenters. The van der Waals surface area contributed by atoms with Gasteiger partial charge in [-0.05, 0) is 61.3 Å². The zero-order valence-corrected chi connectivity index (χ0v) is 14.9. The van der Waals surface area contributed by atoms with Gasteiger partial charge in [0.15, 0.2) is 0 Å². The van der Waals surface area contributed by atoms with Crippen molar-refractivity contribution in [2.75, 3.05) is 6.61 Å². The molecule has 0 aliphatic carbocycles. The summed E-state index contributed by atoms with van der Waals surface area (Å²) in [6, 6.07) is 0. The molecule has 0 saturated carbocycles. The average molecular weight is 317 g/mol. The molecule has 130 valence electrons. The van der Waals surface area contributed by atoms with Crippen LogP contribution < -0.4 is 0 Å². The predicted octanol–water partition coefficient (Wildman–Crippen LogP) is 2.88. The highest BCUT2D eigenvalue weighted by Gasteiger charge is 2.46. The average Bonchev–Trinajstić information content (AvgIpc) is 2.29. The summed E-state index contributed by atoms with van der Waals surface area (Å²) >= 11 is 0. The lowest BCUT2D eigenvalue weighted by Gasteiger charge is -2.53. The van der Waals surface area contributed by atoms with E-state index in [1.165, 1.54) is 0 Å². The van der Waals surface area contributed by atoms with Gasteiger partial charge in [0.25, 0.3) is 0 Å². The molecule has 0 spiro atoms. The van der Waals surface area contributed by atoms with Crippen LogP contribution in [0.3, 0.4) is 0 Å². The number of ether oxygens (including phenoxy) is 2. The van der Waals surface area contributed by atoms with E-state index in [4.69, 9.17) is 14.3 Å². The minimum Gasteiger partial charge on any atom is -0.432 e. The molecule has 0 bridgehead atoms. The standard InChI is InChI=1S/C16H31NO5/c1-11(2)21-14(19)20-10-12(3)22-17-15(4,5)8-13(18)9-16(17,6)7/h11-13,18H,8-10H2,1-7H3. The summed E-state index contributed by atoms with van der Waals surface area (Å²) in [7, 11) is 0. The first-order valence-electron chi connectivity index (χ1n) is 7.92. The second-order valence-corrected chi connectivity index (χ2v) is 7.62. The molecule has 1 atom stereocenters. The molecule has 0 aromatic heterocycles. The van der Waals surface area contributed by atoms with Crippen LogP contribution in [0.15, 0.2) is 0 Å². The Bertz CT molecular complexity index is 363. The van der Waals surface area contributed by atoms with Crippen LogP contribution in [0.2, 0.25) is 0 Å². The molecule has 0 aromatic carbocycles. The van der Waals surface area contributed by atoms with Gasteiger partial charge in [-0.1, -0.05) is 0 Å². The number of aliphatic hydroxyl groups excluding tert-OH is 1. The highest BCUT2D eigenvalue weighted by Crippen LogP contribution is 2.39. The van der Waals surface area contributed by atoms with E-state index in [9.17, 15) is 9.90 Å². The van der Waals surface area contributed by atoms with Crippen LogP contribution >= 0.6 is 0 Å². The molecule has 0 radical (unpaired) electrons. The molecule has 0 aromatic rings. The number of aliphatic hydroxyl groups is 1. The van der Waals surface area contributed by atoms with Crippen molar-refractivity contribution >= 4 is 6.16 Å². The molecule has 1 aliphatic rings. The van der Waals surface area contributed by atoms with Gasteiger partial charge in [-0.3, -0.25) is 4.84 Å². The molecular weight excluding hydrogens is 286 g/mol. The number of carbonyl (C=O) groups excluding carboxylic acids is 1. The van der Waals surface area contributed by atoms with Crippen molar-refractivity contribution in [1.82, 2.24) is 5.06 Å². The Balaban J connectivity index is 2.58. The molecule has 0 amide bonds. The first-order valence-corrected chi connectivity index (χ1v) is 7.92. The van der Waals surface area contributed by atoms with Crippen LogP contribution in [0, 0.1) is 0 Å². The summed E-state index contributed by atoms with van der Waals surface area (Å²) < 4.78 is 9.97. The molecule has 1 rings (SSSR count). The third-order valence-corrected chi connectivity index (χ3v) is 3.62. The lowest BCUT2D eigenvalue weighted by molar-refractivity contribution is -0.314. The monoisotopic (exact) mass is 317 g/mol. The molecule has 6 heteroatoms. The Kier molecular flexibility index (Phi) is 6.24. The van der Waals surface area contributed by atoms with Crippen LogP contribution in [0.25, 0.3) is 0 Å². The topological polar surface area (TPSA) is 68.2 Å². The van der Waals surface area contributed by atoms with E-state index in [2.05, 4.69) is 0 Å². The normalized spacial score (nSPS) is 23.3. The fourth-order valence-electron chi connectivity index (χ4n) is 3.12. The van der Waals surface area contributed by atoms with E-state index in [-0.39, 0.29) is 36.0 Å². The number of carbonyl (C=O) groups is 1. The molecule has 6 nitrogen and oxygen atoms in total. The first kappa shape index (κ1) is 19.2. The van der Waals surface area contributed by atoms with E-state index < -0.39 is 6.16 Å². The van der Waals surface area contributed by atoms with E-state index in [0.29, 0.717) is 12.8 Å². The Hall–Kier alpha value is -0.850. The van der Waals surface area contributed by atoms with Crippen molar-refractivity contribution in [1.29, 1.82) is 0 Å². The van der Waals surface area contributed by atoms with Crippen LogP contribution in [-0.2, 0) is 14.3 Å². The van der Waals surface area contributed by atoms with E-state index >= 15 is 0 Å². The van der Waals surface area contributed by atoms with Gasteiger partial charge in [0, 0.05) is 11.1 Å². The number of hydrogen-bond acceptors (Lipinski definition) is 6. The molecule has 1 aliphatic heterocycles. The van der Waals surface area contributed by atoms with Gasteiger partial charge in [0.2, 0.25) is 0 Å². The van der Waals surface area contributed by atoms with E-state index in [0.717, 1.165) is 0 Å². The maximum absolute atomic E-state index is 11.4. The molecule has 1 saturated heterocycles. The minimum absolute atomic E-state index is 0.122. The van der Waals surface area contributed by atoms with Gasteiger partial charge in [-0.2, -0.15) is 5.06 Å². The van der Waals surface area contributed by atoms with Crippen molar-refractivity contribution in [3.8, 4) is 0 Å². The van der Waals surface area contributed by atoms with Gasteiger partial charge in [-0.25, -0.2) is 4.79 Å². The number of hydroxylamine groups is 2. The van der Waals surface area contributed by atoms with Crippen molar-refractivity contribution in [2.24, 2.45) is 0 Å². The summed E-state index contributed by atoms with van der Waals surface area (Å²) in [6.07, 6.45) is -0.243. The van der Waals surface area contributed by atoms with Crippen LogP contribution in [-0.4, -0.2) is 52.3 Å². The fraction of sp³-hybridized carbons (Fsp3) is 0.938. The maximum Gasteiger partial charge on any atom is 0.508 e. The molecule has 1 fully saturated rings. The third kappa shape index (κ3) is 5.41. The Morgan fingerprint density at radius 1 is 1.18 bits per heavy atom. The van der Waals surface area contributed by atoms with Gasteiger partial charge < -0.3 is 14.6 Å². The third-order valence-electron chi connectivity index (χ3n) is 3.62. The summed E-state index contributed by atoms with van der Waals surface area (Å²) in [5.41, 5.74) is -0.595. The molecule has 1 N–H and O–H groups in total. The number of hydrogen-bond donors (Lipinski definition) is 1. The van der Waals surface area contributed by atoms with Crippen molar-refractivity contribution in [2.45, 2.75) is 90.7 Å². The van der Waals surface area contributed by atoms with Gasteiger partial charge >= 0.3 is 6.16 Å². The van der Waals surface area contributed by atoms with Crippen LogP contribution in [0.4, 0.5) is 4.79 Å². The SMILES string of the molecule is CC(C)OC(=O)OCC(C)ON1C(C)(C)CC(O)CC1(C)C. The second kappa shape index (κ2) is 7.15. The van der Waals surface area contributed by atoms with Gasteiger partial charge in [0.1, 0.15) is 12.7 Å². The summed E-state index contributed by atoms with van der Waals surface area (Å²) in [5.74, 6) is 0. The number of nitrogens with zero attached hydrogens (tertiary/aromatic N) is 1. The zero-order chi connectivity index (χ0) is 17.1. The second-order valence-electron chi connectivity index (χ2n) is 7.62. The maximum atomic E-state index is 11.4. The van der Waals surface area contributed by atoms with Crippen molar-refractivity contribution in [3.63, 3.8) is 0 Å². The highest BCUT2D eigenvalue weighted by atomic mass is 16.7. The Morgan fingerprint density at radius 3 is 2.14 bits per heavy atom. The van der Waals surface area contributed by atoms with Crippen LogP contribution in [0.5, 0.6) is 0 Å². The molecular formula is C16H31NO5. The first-order chi connectivity index (χ1) is 9.94. The Labute approximate surface area is 133 Å². The predicted molar refractivity (Wildman–Crippen MR) is 83.4 cm³/mol. The van der Waals surface area contributed by atoms with Crippen LogP contribution in [0.1, 0.15) is 61.3 Å². The summed E-state index contributed by atoms with van der Waals surface area (Å²) in [5, 5.41) is 11.9. The van der Waals surface area contributed by atoms with Crippen molar-refractivity contribution < 1.29 is 24.2 Å². The molecule has 22 heavy (non-hydrogen) atoms. The number of rotatable bonds is 5. The smallest absolute Gasteiger partial charge is 0.432 e. The zero-order valence-electron chi connectivity index (χ0n) is 14.9. The van der Waals surface area contributed by atoms with Gasteiger partial charge in [0.05, 0.1) is 12.2 Å². The van der Waals surface area contributed by atoms with Gasteiger partial charge in [-0.15, -0.1) is 0 Å². The lowest BCUT2D eigenvalue weighted by Crippen LogP contribution is -2.62. The van der Waals surface area contributed by atoms with E-state index in [1.54, 1.807) is 13.8 Å². The summed E-state index contributed by atoms with van der Waals surface area (Å²) in [4.78, 5) is 17.4. The quantitative estimate of drug-likeness (QED) is 0.786. The van der Waals surface area contributed by atoms with Crippen molar-refractivity contribution in [3.05, 3.63) is 0 Å². The highest BCUT2D eigenvalue weighted by molar-refractivity contribution is 5.60. The molecule has 1 heterocycles. The Morgan fingerprint density at radius 2 is 1.68 bits per heavy atom. The lowest BCUT2D eigenvalue weighted by atomic mass is 9.80. The minimum atomic E-state index is -0.682. The number of piperidine rings is 1. The van der Waals surface area contributed by atoms with E-state index in [1.807, 2.05) is 39.7 Å². The largest absolute Gasteiger partial charge is 0.508 e.